The Labute approximate surface area is 260 Å². The molecule has 0 bridgehead atoms. The van der Waals surface area contributed by atoms with Gasteiger partial charge in [0.25, 0.3) is 0 Å². The van der Waals surface area contributed by atoms with Gasteiger partial charge in [-0.1, -0.05) is 133 Å². The van der Waals surface area contributed by atoms with Crippen molar-refractivity contribution < 1.29 is 0 Å². The molecule has 3 heteroatoms. The molecule has 9 rings (SSSR count). The van der Waals surface area contributed by atoms with Crippen LogP contribution in [0, 0.1) is 0 Å². The van der Waals surface area contributed by atoms with E-state index in [1.807, 2.05) is 6.07 Å². The largest absolute Gasteiger partial charge is 0.278 e. The average Bonchev–Trinajstić information content (AvgIpc) is 3.46. The first-order chi connectivity index (χ1) is 22.3. The van der Waals surface area contributed by atoms with Crippen molar-refractivity contribution in [1.82, 2.24) is 14.5 Å². The van der Waals surface area contributed by atoms with Crippen molar-refractivity contribution in [2.75, 3.05) is 0 Å². The third-order valence-corrected chi connectivity index (χ3v) is 8.79. The Balaban J connectivity index is 1.29. The lowest BCUT2D eigenvalue weighted by Crippen LogP contribution is -2.03. The Bertz CT molecular complexity index is 2530. The minimum atomic E-state index is 0.667. The number of aromatic nitrogens is 3. The van der Waals surface area contributed by atoms with E-state index in [-0.39, 0.29) is 0 Å². The first kappa shape index (κ1) is 25.4. The Morgan fingerprint density at radius 3 is 1.82 bits per heavy atom. The van der Waals surface area contributed by atoms with E-state index in [1.165, 1.54) is 38.2 Å². The topological polar surface area (TPSA) is 30.7 Å². The van der Waals surface area contributed by atoms with E-state index in [0.29, 0.717) is 5.95 Å². The molecule has 0 spiro atoms. The molecule has 9 aromatic rings. The summed E-state index contributed by atoms with van der Waals surface area (Å²) in [5.41, 5.74) is 9.87. The molecule has 0 aliphatic heterocycles. The van der Waals surface area contributed by atoms with Crippen LogP contribution in [0.15, 0.2) is 164 Å². The van der Waals surface area contributed by atoms with Gasteiger partial charge in [0.1, 0.15) is 0 Å². The fraction of sp³-hybridized carbons (Fsp3) is 0. The van der Waals surface area contributed by atoms with Gasteiger partial charge in [-0.25, -0.2) is 9.97 Å². The quantitative estimate of drug-likeness (QED) is 0.210. The molecule has 0 radical (unpaired) electrons. The molecule has 0 unspecified atom stereocenters. The highest BCUT2D eigenvalue weighted by Gasteiger charge is 2.19. The van der Waals surface area contributed by atoms with E-state index < -0.39 is 0 Å². The van der Waals surface area contributed by atoms with Gasteiger partial charge in [-0.2, -0.15) is 0 Å². The lowest BCUT2D eigenvalue weighted by atomic mass is 9.98. The molecule has 0 aliphatic carbocycles. The molecule has 0 atom stereocenters. The van der Waals surface area contributed by atoms with Gasteiger partial charge in [-0.3, -0.25) is 4.57 Å². The molecule has 0 fully saturated rings. The molecular weight excluding hydrogens is 546 g/mol. The molecule has 3 nitrogen and oxygen atoms in total. The number of para-hydroxylation sites is 2. The molecule has 0 saturated carbocycles. The van der Waals surface area contributed by atoms with E-state index in [1.54, 1.807) is 0 Å². The van der Waals surface area contributed by atoms with Crippen molar-refractivity contribution in [1.29, 1.82) is 0 Å². The normalized spacial score (nSPS) is 11.6. The third-order valence-electron chi connectivity index (χ3n) is 8.79. The van der Waals surface area contributed by atoms with Crippen LogP contribution in [0.2, 0.25) is 0 Å². The number of benzene rings is 7. The highest BCUT2D eigenvalue weighted by Crippen LogP contribution is 2.38. The summed E-state index contributed by atoms with van der Waals surface area (Å²) in [5.74, 6) is 0.667. The van der Waals surface area contributed by atoms with E-state index in [2.05, 4.69) is 162 Å². The summed E-state index contributed by atoms with van der Waals surface area (Å²) >= 11 is 0. The van der Waals surface area contributed by atoms with Gasteiger partial charge >= 0.3 is 0 Å². The van der Waals surface area contributed by atoms with Gasteiger partial charge < -0.3 is 0 Å². The number of hydrogen-bond acceptors (Lipinski definition) is 2. The van der Waals surface area contributed by atoms with E-state index in [0.717, 1.165) is 38.8 Å². The second kappa shape index (κ2) is 10.3. The fourth-order valence-electron chi connectivity index (χ4n) is 6.68. The van der Waals surface area contributed by atoms with E-state index >= 15 is 0 Å². The molecule has 0 saturated heterocycles. The van der Waals surface area contributed by atoms with Crippen molar-refractivity contribution in [3.8, 4) is 39.5 Å². The van der Waals surface area contributed by atoms with Crippen LogP contribution in [0.4, 0.5) is 0 Å². The maximum absolute atomic E-state index is 5.33. The SMILES string of the molecule is c1ccc(-c2cccc(-c3nc(-n4c5ccccc5c5c6ccc(-c7ccccc7)cc6ccc54)nc4ccccc34)c2)cc1. The monoisotopic (exact) mass is 573 g/mol. The minimum Gasteiger partial charge on any atom is -0.278 e. The maximum Gasteiger partial charge on any atom is 0.235 e. The fourth-order valence-corrected chi connectivity index (χ4v) is 6.68. The zero-order valence-electron chi connectivity index (χ0n) is 24.4. The molecule has 210 valence electrons. The van der Waals surface area contributed by atoms with Crippen molar-refractivity contribution in [3.63, 3.8) is 0 Å². The van der Waals surface area contributed by atoms with Crippen LogP contribution in [-0.2, 0) is 0 Å². The lowest BCUT2D eigenvalue weighted by molar-refractivity contribution is 1.01. The summed E-state index contributed by atoms with van der Waals surface area (Å²) in [6.07, 6.45) is 0. The summed E-state index contributed by atoms with van der Waals surface area (Å²) in [6, 6.07) is 57.9. The predicted molar refractivity (Wildman–Crippen MR) is 188 cm³/mol. The molecule has 0 N–H and O–H groups in total. The van der Waals surface area contributed by atoms with Gasteiger partial charge in [0.05, 0.1) is 22.2 Å². The molecule has 2 heterocycles. The highest BCUT2D eigenvalue weighted by molar-refractivity contribution is 6.21. The first-order valence-corrected chi connectivity index (χ1v) is 15.3. The molecule has 45 heavy (non-hydrogen) atoms. The second-order valence-corrected chi connectivity index (χ2v) is 11.5. The van der Waals surface area contributed by atoms with Gasteiger partial charge in [0.15, 0.2) is 0 Å². The number of nitrogens with zero attached hydrogens (tertiary/aromatic N) is 3. The van der Waals surface area contributed by atoms with Crippen LogP contribution in [0.25, 0.3) is 82.9 Å². The Kier molecular flexibility index (Phi) is 5.82. The van der Waals surface area contributed by atoms with Crippen LogP contribution in [0.5, 0.6) is 0 Å². The second-order valence-electron chi connectivity index (χ2n) is 11.5. The summed E-state index contributed by atoms with van der Waals surface area (Å²) in [6.45, 7) is 0. The first-order valence-electron chi connectivity index (χ1n) is 15.3. The van der Waals surface area contributed by atoms with Gasteiger partial charge in [0.2, 0.25) is 5.95 Å². The van der Waals surface area contributed by atoms with Crippen molar-refractivity contribution in [2.24, 2.45) is 0 Å². The standard InChI is InChI=1S/C42H27N3/c1-3-12-28(13-4-1)30-16-11-17-33(27-30)41-35-18-7-9-20-37(35)43-42(44-41)45-38-21-10-8-19-36(38)40-34-24-22-31(29-14-5-2-6-15-29)26-32(34)23-25-39(40)45/h1-27H. The van der Waals surface area contributed by atoms with Crippen molar-refractivity contribution >= 4 is 43.5 Å². The summed E-state index contributed by atoms with van der Waals surface area (Å²) in [7, 11) is 0. The minimum absolute atomic E-state index is 0.667. The Morgan fingerprint density at radius 2 is 1.02 bits per heavy atom. The zero-order chi connectivity index (χ0) is 29.7. The van der Waals surface area contributed by atoms with E-state index in [4.69, 9.17) is 9.97 Å². The van der Waals surface area contributed by atoms with E-state index in [9.17, 15) is 0 Å². The van der Waals surface area contributed by atoms with Gasteiger partial charge in [-0.05, 0) is 63.4 Å². The summed E-state index contributed by atoms with van der Waals surface area (Å²) < 4.78 is 2.23. The Morgan fingerprint density at radius 1 is 0.378 bits per heavy atom. The zero-order valence-corrected chi connectivity index (χ0v) is 24.4. The van der Waals surface area contributed by atoms with Crippen LogP contribution in [-0.4, -0.2) is 14.5 Å². The maximum atomic E-state index is 5.33. The molecule has 0 amide bonds. The lowest BCUT2D eigenvalue weighted by Gasteiger charge is -2.13. The molecule has 2 aromatic heterocycles. The number of hydrogen-bond donors (Lipinski definition) is 0. The smallest absolute Gasteiger partial charge is 0.235 e. The summed E-state index contributed by atoms with van der Waals surface area (Å²) in [4.78, 5) is 10.5. The number of fused-ring (bicyclic) bond motifs is 6. The van der Waals surface area contributed by atoms with Crippen LogP contribution in [0.1, 0.15) is 0 Å². The summed E-state index contributed by atoms with van der Waals surface area (Å²) in [5, 5.41) is 5.87. The van der Waals surface area contributed by atoms with Crippen LogP contribution < -0.4 is 0 Å². The third kappa shape index (κ3) is 4.21. The molecular formula is C42H27N3. The Hall–Kier alpha value is -6.06. The van der Waals surface area contributed by atoms with Crippen LogP contribution >= 0.6 is 0 Å². The molecule has 0 aliphatic rings. The van der Waals surface area contributed by atoms with Gasteiger partial charge in [0, 0.05) is 21.7 Å². The number of rotatable bonds is 4. The highest BCUT2D eigenvalue weighted by atomic mass is 15.2. The van der Waals surface area contributed by atoms with Crippen LogP contribution in [0.3, 0.4) is 0 Å². The van der Waals surface area contributed by atoms with Crippen molar-refractivity contribution in [3.05, 3.63) is 164 Å². The predicted octanol–water partition coefficient (Wildman–Crippen LogP) is 10.9. The van der Waals surface area contributed by atoms with Gasteiger partial charge in [-0.15, -0.1) is 0 Å². The molecule has 7 aromatic carbocycles. The van der Waals surface area contributed by atoms with Crippen molar-refractivity contribution in [2.45, 2.75) is 0 Å². The average molecular weight is 574 g/mol.